The van der Waals surface area contributed by atoms with Crippen molar-refractivity contribution in [3.05, 3.63) is 42.3 Å². The Kier molecular flexibility index (Phi) is 2.50. The molecule has 0 aliphatic carbocycles. The minimum atomic E-state index is -0.168. The van der Waals surface area contributed by atoms with Gasteiger partial charge in [-0.25, -0.2) is 24.1 Å². The summed E-state index contributed by atoms with van der Waals surface area (Å²) in [6.45, 7) is 3.84. The lowest BCUT2D eigenvalue weighted by molar-refractivity contribution is 0.162. The van der Waals surface area contributed by atoms with E-state index in [1.54, 1.807) is 21.8 Å². The molecule has 1 aliphatic rings. The monoisotopic (exact) mass is 283 g/mol. The SMILES string of the molecule is Cc1nc(C)n2nc(C3CC=CO3)nc(-n3cncn3)c12. The second-order valence-electron chi connectivity index (χ2n) is 4.87. The minimum Gasteiger partial charge on any atom is -0.490 e. The fraction of sp³-hybridized carbons (Fsp3) is 0.308. The van der Waals surface area contributed by atoms with Gasteiger partial charge in [0.05, 0.1) is 12.0 Å². The Morgan fingerprint density at radius 1 is 1.29 bits per heavy atom. The number of nitrogens with zero attached hydrogens (tertiary/aromatic N) is 7. The molecule has 1 unspecified atom stereocenters. The summed E-state index contributed by atoms with van der Waals surface area (Å²) in [5.74, 6) is 2.07. The van der Waals surface area contributed by atoms with Gasteiger partial charge in [-0.1, -0.05) is 0 Å². The van der Waals surface area contributed by atoms with Crippen molar-refractivity contribution in [2.24, 2.45) is 0 Å². The number of hydrogen-bond acceptors (Lipinski definition) is 6. The first kappa shape index (κ1) is 12.0. The number of fused-ring (bicyclic) bond motifs is 1. The summed E-state index contributed by atoms with van der Waals surface area (Å²) in [6, 6.07) is 0. The van der Waals surface area contributed by atoms with E-state index in [0.717, 1.165) is 23.5 Å². The van der Waals surface area contributed by atoms with Crippen LogP contribution < -0.4 is 0 Å². The maximum atomic E-state index is 5.52. The van der Waals surface area contributed by atoms with Gasteiger partial charge in [0.1, 0.15) is 24.0 Å². The Morgan fingerprint density at radius 2 is 2.19 bits per heavy atom. The summed E-state index contributed by atoms with van der Waals surface area (Å²) in [7, 11) is 0. The first-order chi connectivity index (χ1) is 10.2. The van der Waals surface area contributed by atoms with E-state index in [4.69, 9.17) is 4.74 Å². The van der Waals surface area contributed by atoms with E-state index < -0.39 is 0 Å². The van der Waals surface area contributed by atoms with E-state index in [2.05, 4.69) is 25.1 Å². The molecule has 0 bridgehead atoms. The smallest absolute Gasteiger partial charge is 0.192 e. The largest absolute Gasteiger partial charge is 0.490 e. The quantitative estimate of drug-likeness (QED) is 0.705. The van der Waals surface area contributed by atoms with Crippen molar-refractivity contribution >= 4 is 5.52 Å². The Morgan fingerprint density at radius 3 is 2.90 bits per heavy atom. The molecule has 4 rings (SSSR count). The van der Waals surface area contributed by atoms with Crippen molar-refractivity contribution in [2.75, 3.05) is 0 Å². The van der Waals surface area contributed by atoms with E-state index in [0.29, 0.717) is 11.6 Å². The van der Waals surface area contributed by atoms with Crippen molar-refractivity contribution in [3.8, 4) is 5.82 Å². The van der Waals surface area contributed by atoms with Crippen LogP contribution >= 0.6 is 0 Å². The Balaban J connectivity index is 2.00. The second kappa shape index (κ2) is 4.37. The van der Waals surface area contributed by atoms with Crippen LogP contribution in [-0.4, -0.2) is 34.3 Å². The highest BCUT2D eigenvalue weighted by Crippen LogP contribution is 2.26. The van der Waals surface area contributed by atoms with E-state index >= 15 is 0 Å². The van der Waals surface area contributed by atoms with Gasteiger partial charge in [0.25, 0.3) is 0 Å². The summed E-state index contributed by atoms with van der Waals surface area (Å²) in [5.41, 5.74) is 1.68. The molecule has 0 spiro atoms. The average Bonchev–Trinajstić information content (AvgIpc) is 3.21. The normalized spacial score (nSPS) is 17.5. The van der Waals surface area contributed by atoms with Crippen LogP contribution in [0.25, 0.3) is 11.3 Å². The highest BCUT2D eigenvalue weighted by atomic mass is 16.5. The first-order valence-electron chi connectivity index (χ1n) is 6.63. The maximum absolute atomic E-state index is 5.52. The number of ether oxygens (including phenoxy) is 1. The third-order valence-corrected chi connectivity index (χ3v) is 3.44. The molecule has 3 aromatic heterocycles. The van der Waals surface area contributed by atoms with Crippen LogP contribution in [0.2, 0.25) is 0 Å². The van der Waals surface area contributed by atoms with E-state index in [9.17, 15) is 0 Å². The van der Waals surface area contributed by atoms with Crippen LogP contribution in [0.15, 0.2) is 25.0 Å². The molecule has 0 saturated carbocycles. The van der Waals surface area contributed by atoms with E-state index in [1.807, 2.05) is 19.9 Å². The molecule has 1 atom stereocenters. The molecule has 0 saturated heterocycles. The molecule has 0 fully saturated rings. The van der Waals surface area contributed by atoms with Crippen molar-refractivity contribution in [2.45, 2.75) is 26.4 Å². The van der Waals surface area contributed by atoms with Crippen molar-refractivity contribution in [3.63, 3.8) is 0 Å². The van der Waals surface area contributed by atoms with Crippen LogP contribution in [0.1, 0.15) is 29.9 Å². The van der Waals surface area contributed by atoms with Crippen molar-refractivity contribution in [1.82, 2.24) is 34.3 Å². The summed E-state index contributed by atoms with van der Waals surface area (Å²) >= 11 is 0. The lowest BCUT2D eigenvalue weighted by atomic mass is 10.2. The Hall–Kier alpha value is -2.77. The molecule has 3 aromatic rings. The molecule has 1 aliphatic heterocycles. The predicted molar refractivity (Wildman–Crippen MR) is 72.8 cm³/mol. The molecule has 8 heteroatoms. The van der Waals surface area contributed by atoms with Gasteiger partial charge in [0.2, 0.25) is 0 Å². The molecule has 0 N–H and O–H groups in total. The fourth-order valence-corrected chi connectivity index (χ4v) is 2.49. The standard InChI is InChI=1S/C13H13N7O/c1-8-11-13(19-7-14-6-15-19)17-12(10-4-3-5-21-10)18-20(11)9(2)16-8/h3,5-7,10H,4H2,1-2H3. The van der Waals surface area contributed by atoms with Gasteiger partial charge in [-0.2, -0.15) is 5.10 Å². The zero-order valence-electron chi connectivity index (χ0n) is 11.6. The van der Waals surface area contributed by atoms with Crippen molar-refractivity contribution in [1.29, 1.82) is 0 Å². The van der Waals surface area contributed by atoms with Gasteiger partial charge in [0.15, 0.2) is 17.7 Å². The molecule has 0 aromatic carbocycles. The van der Waals surface area contributed by atoms with Gasteiger partial charge in [-0.05, 0) is 19.9 Å². The van der Waals surface area contributed by atoms with Crippen LogP contribution in [0.4, 0.5) is 0 Å². The summed E-state index contributed by atoms with van der Waals surface area (Å²) in [4.78, 5) is 13.1. The second-order valence-corrected chi connectivity index (χ2v) is 4.87. The molecule has 4 heterocycles. The topological polar surface area (TPSA) is 83.0 Å². The lowest BCUT2D eigenvalue weighted by Gasteiger charge is -2.12. The minimum absolute atomic E-state index is 0.168. The molecule has 21 heavy (non-hydrogen) atoms. The molecule has 0 radical (unpaired) electrons. The van der Waals surface area contributed by atoms with Gasteiger partial charge >= 0.3 is 0 Å². The lowest BCUT2D eigenvalue weighted by Crippen LogP contribution is -2.13. The van der Waals surface area contributed by atoms with Crippen LogP contribution in [0, 0.1) is 13.8 Å². The van der Waals surface area contributed by atoms with Gasteiger partial charge in [-0.15, -0.1) is 5.10 Å². The van der Waals surface area contributed by atoms with Gasteiger partial charge in [-0.3, -0.25) is 0 Å². The summed E-state index contributed by atoms with van der Waals surface area (Å²) in [5, 5.41) is 8.74. The highest BCUT2D eigenvalue weighted by Gasteiger charge is 2.23. The Labute approximate surface area is 120 Å². The summed E-state index contributed by atoms with van der Waals surface area (Å²) in [6.07, 6.45) is 7.32. The van der Waals surface area contributed by atoms with Crippen LogP contribution in [-0.2, 0) is 4.74 Å². The molecular weight excluding hydrogens is 270 g/mol. The van der Waals surface area contributed by atoms with Crippen molar-refractivity contribution < 1.29 is 4.74 Å². The third kappa shape index (κ3) is 1.79. The van der Waals surface area contributed by atoms with Crippen LogP contribution in [0.3, 0.4) is 0 Å². The molecule has 8 nitrogen and oxygen atoms in total. The molecular formula is C13H13N7O. The number of imidazole rings is 1. The van der Waals surface area contributed by atoms with Gasteiger partial charge < -0.3 is 4.74 Å². The molecule has 106 valence electrons. The first-order valence-corrected chi connectivity index (χ1v) is 6.63. The number of rotatable bonds is 2. The van der Waals surface area contributed by atoms with E-state index in [1.165, 1.54) is 6.33 Å². The zero-order valence-corrected chi connectivity index (χ0v) is 11.6. The summed E-state index contributed by atoms with van der Waals surface area (Å²) < 4.78 is 8.93. The van der Waals surface area contributed by atoms with E-state index in [-0.39, 0.29) is 6.10 Å². The highest BCUT2D eigenvalue weighted by molar-refractivity contribution is 5.63. The average molecular weight is 283 g/mol. The van der Waals surface area contributed by atoms with Gasteiger partial charge in [0, 0.05) is 6.42 Å². The number of aromatic nitrogens is 7. The fourth-order valence-electron chi connectivity index (χ4n) is 2.49. The molecule has 0 amide bonds. The number of hydrogen-bond donors (Lipinski definition) is 0. The van der Waals surface area contributed by atoms with Crippen LogP contribution in [0.5, 0.6) is 0 Å². The zero-order chi connectivity index (χ0) is 14.4. The third-order valence-electron chi connectivity index (χ3n) is 3.44. The Bertz CT molecular complexity index is 826. The number of aryl methyl sites for hydroxylation is 2. The predicted octanol–water partition coefficient (Wildman–Crippen LogP) is 1.30. The maximum Gasteiger partial charge on any atom is 0.192 e.